The zero-order chi connectivity index (χ0) is 17.8. The van der Waals surface area contributed by atoms with Crippen LogP contribution >= 0.6 is 11.6 Å². The lowest BCUT2D eigenvalue weighted by Crippen LogP contribution is -2.41. The van der Waals surface area contributed by atoms with Crippen LogP contribution in [0.3, 0.4) is 0 Å². The van der Waals surface area contributed by atoms with Gasteiger partial charge in [0.05, 0.1) is 5.02 Å². The van der Waals surface area contributed by atoms with Crippen LogP contribution in [0, 0.1) is 5.92 Å². The number of para-hydroxylation sites is 1. The number of phenolic OH excluding ortho intramolecular Hbond substituents is 1. The Bertz CT molecular complexity index is 728. The third kappa shape index (κ3) is 4.23. The number of benzene rings is 1. The number of carbonyl (C=O) groups excluding carboxylic acids is 1. The van der Waals surface area contributed by atoms with E-state index in [9.17, 15) is 9.90 Å². The van der Waals surface area contributed by atoms with Gasteiger partial charge < -0.3 is 14.9 Å². The molecule has 0 saturated carbocycles. The van der Waals surface area contributed by atoms with Crippen LogP contribution in [0.1, 0.15) is 18.4 Å². The molecule has 25 heavy (non-hydrogen) atoms. The fourth-order valence-electron chi connectivity index (χ4n) is 3.20. The number of hydrogen-bond acceptors (Lipinski definition) is 4. The molecule has 0 radical (unpaired) electrons. The number of aromatic hydroxyl groups is 1. The van der Waals surface area contributed by atoms with Gasteiger partial charge in [0.1, 0.15) is 11.6 Å². The van der Waals surface area contributed by atoms with Crippen molar-refractivity contribution in [2.45, 2.75) is 19.4 Å². The SMILES string of the molecule is CN(Cc1ccccc1O)C(=O)C1CCN(c2ccc(Cl)cn2)CC1. The number of nitrogens with zero attached hydrogens (tertiary/aromatic N) is 3. The summed E-state index contributed by atoms with van der Waals surface area (Å²) in [5.41, 5.74) is 0.765. The minimum atomic E-state index is 0.0133. The van der Waals surface area contributed by atoms with E-state index in [2.05, 4.69) is 9.88 Å². The van der Waals surface area contributed by atoms with E-state index in [1.807, 2.05) is 24.3 Å². The molecule has 0 aliphatic carbocycles. The van der Waals surface area contributed by atoms with Gasteiger partial charge in [0.25, 0.3) is 0 Å². The summed E-state index contributed by atoms with van der Waals surface area (Å²) in [7, 11) is 1.79. The average Bonchev–Trinajstić information content (AvgIpc) is 2.64. The molecule has 6 heteroatoms. The molecule has 2 aromatic rings. The first-order valence-electron chi connectivity index (χ1n) is 8.43. The molecule has 1 aliphatic rings. The Balaban J connectivity index is 1.56. The second kappa shape index (κ2) is 7.74. The van der Waals surface area contributed by atoms with Gasteiger partial charge in [0, 0.05) is 44.4 Å². The van der Waals surface area contributed by atoms with Gasteiger partial charge >= 0.3 is 0 Å². The smallest absolute Gasteiger partial charge is 0.225 e. The number of halogens is 1. The second-order valence-electron chi connectivity index (χ2n) is 6.42. The van der Waals surface area contributed by atoms with E-state index in [0.29, 0.717) is 11.6 Å². The first kappa shape index (κ1) is 17.5. The lowest BCUT2D eigenvalue weighted by Gasteiger charge is -2.34. The van der Waals surface area contributed by atoms with Gasteiger partial charge in [-0.25, -0.2) is 4.98 Å². The number of amides is 1. The molecule has 0 atom stereocenters. The molecule has 0 unspecified atom stereocenters. The summed E-state index contributed by atoms with van der Waals surface area (Å²) in [6.07, 6.45) is 3.25. The van der Waals surface area contributed by atoms with E-state index < -0.39 is 0 Å². The summed E-state index contributed by atoms with van der Waals surface area (Å²) in [6, 6.07) is 10.9. The van der Waals surface area contributed by atoms with Crippen LogP contribution < -0.4 is 4.90 Å². The fraction of sp³-hybridized carbons (Fsp3) is 0.368. The van der Waals surface area contributed by atoms with Gasteiger partial charge in [0.2, 0.25) is 5.91 Å². The number of aromatic nitrogens is 1. The van der Waals surface area contributed by atoms with Crippen LogP contribution in [0.5, 0.6) is 5.75 Å². The molecule has 0 spiro atoms. The van der Waals surface area contributed by atoms with Gasteiger partial charge in [0.15, 0.2) is 0 Å². The summed E-state index contributed by atoms with van der Waals surface area (Å²) in [5.74, 6) is 1.27. The van der Waals surface area contributed by atoms with Gasteiger partial charge in [-0.1, -0.05) is 29.8 Å². The molecular formula is C19H22ClN3O2. The molecule has 3 rings (SSSR count). The van der Waals surface area contributed by atoms with Crippen LogP contribution in [0.4, 0.5) is 5.82 Å². The third-order valence-corrected chi connectivity index (χ3v) is 4.88. The molecule has 1 N–H and O–H groups in total. The van der Waals surface area contributed by atoms with E-state index in [1.165, 1.54) is 0 Å². The number of hydrogen-bond donors (Lipinski definition) is 1. The van der Waals surface area contributed by atoms with E-state index in [1.54, 1.807) is 30.3 Å². The summed E-state index contributed by atoms with van der Waals surface area (Å²) in [4.78, 5) is 20.9. The van der Waals surface area contributed by atoms with E-state index in [0.717, 1.165) is 37.3 Å². The molecular weight excluding hydrogens is 338 g/mol. The van der Waals surface area contributed by atoms with Crippen molar-refractivity contribution >= 4 is 23.3 Å². The molecule has 1 fully saturated rings. The number of phenols is 1. The van der Waals surface area contributed by atoms with E-state index in [4.69, 9.17) is 11.6 Å². The van der Waals surface area contributed by atoms with Crippen LogP contribution in [0.25, 0.3) is 0 Å². The lowest BCUT2D eigenvalue weighted by atomic mass is 9.95. The zero-order valence-electron chi connectivity index (χ0n) is 14.2. The van der Waals surface area contributed by atoms with Crippen LogP contribution in [0.2, 0.25) is 5.02 Å². The molecule has 5 nitrogen and oxygen atoms in total. The Morgan fingerprint density at radius 1 is 1.28 bits per heavy atom. The zero-order valence-corrected chi connectivity index (χ0v) is 15.0. The largest absolute Gasteiger partial charge is 0.508 e. The molecule has 1 aromatic carbocycles. The van der Waals surface area contributed by atoms with Crippen molar-refractivity contribution in [3.8, 4) is 5.75 Å². The Labute approximate surface area is 152 Å². The quantitative estimate of drug-likeness (QED) is 0.909. The molecule has 1 saturated heterocycles. The van der Waals surface area contributed by atoms with Crippen LogP contribution in [0.15, 0.2) is 42.6 Å². The number of carbonyl (C=O) groups is 1. The normalized spacial score (nSPS) is 15.2. The predicted molar refractivity (Wildman–Crippen MR) is 98.8 cm³/mol. The number of pyridine rings is 1. The average molecular weight is 360 g/mol. The van der Waals surface area contributed by atoms with Crippen molar-refractivity contribution < 1.29 is 9.90 Å². The van der Waals surface area contributed by atoms with Gasteiger partial charge in [-0.05, 0) is 31.0 Å². The molecule has 0 bridgehead atoms. The van der Waals surface area contributed by atoms with Crippen molar-refractivity contribution in [1.82, 2.24) is 9.88 Å². The lowest BCUT2D eigenvalue weighted by molar-refractivity contribution is -0.135. The van der Waals surface area contributed by atoms with Crippen molar-refractivity contribution in [2.24, 2.45) is 5.92 Å². The topological polar surface area (TPSA) is 56.7 Å². The molecule has 1 aromatic heterocycles. The first-order valence-corrected chi connectivity index (χ1v) is 8.81. The van der Waals surface area contributed by atoms with Crippen LogP contribution in [-0.4, -0.2) is 41.0 Å². The number of anilines is 1. The molecule has 1 amide bonds. The third-order valence-electron chi connectivity index (χ3n) is 4.66. The Morgan fingerprint density at radius 2 is 2.00 bits per heavy atom. The van der Waals surface area contributed by atoms with Gasteiger partial charge in [-0.2, -0.15) is 0 Å². The van der Waals surface area contributed by atoms with Crippen molar-refractivity contribution in [1.29, 1.82) is 0 Å². The van der Waals surface area contributed by atoms with Gasteiger partial charge in [-0.3, -0.25) is 4.79 Å². The fourth-order valence-corrected chi connectivity index (χ4v) is 3.31. The summed E-state index contributed by atoms with van der Waals surface area (Å²) < 4.78 is 0. The highest BCUT2D eigenvalue weighted by Crippen LogP contribution is 2.25. The summed E-state index contributed by atoms with van der Waals surface area (Å²) >= 11 is 5.88. The highest BCUT2D eigenvalue weighted by Gasteiger charge is 2.28. The van der Waals surface area contributed by atoms with E-state index in [-0.39, 0.29) is 17.6 Å². The number of piperidine rings is 1. The van der Waals surface area contributed by atoms with Crippen molar-refractivity contribution in [2.75, 3.05) is 25.0 Å². The predicted octanol–water partition coefficient (Wildman–Crippen LogP) is 3.32. The maximum atomic E-state index is 12.7. The Hall–Kier alpha value is -2.27. The summed E-state index contributed by atoms with van der Waals surface area (Å²) in [6.45, 7) is 2.02. The molecule has 1 aliphatic heterocycles. The highest BCUT2D eigenvalue weighted by atomic mass is 35.5. The second-order valence-corrected chi connectivity index (χ2v) is 6.86. The minimum absolute atomic E-state index is 0.0133. The molecule has 2 heterocycles. The molecule has 132 valence electrons. The minimum Gasteiger partial charge on any atom is -0.508 e. The van der Waals surface area contributed by atoms with Crippen LogP contribution in [-0.2, 0) is 11.3 Å². The Morgan fingerprint density at radius 3 is 2.64 bits per heavy atom. The highest BCUT2D eigenvalue weighted by molar-refractivity contribution is 6.30. The summed E-state index contributed by atoms with van der Waals surface area (Å²) in [5, 5.41) is 10.5. The van der Waals surface area contributed by atoms with Crippen molar-refractivity contribution in [3.63, 3.8) is 0 Å². The number of rotatable bonds is 4. The monoisotopic (exact) mass is 359 g/mol. The maximum Gasteiger partial charge on any atom is 0.225 e. The Kier molecular flexibility index (Phi) is 5.43. The van der Waals surface area contributed by atoms with E-state index >= 15 is 0 Å². The van der Waals surface area contributed by atoms with Gasteiger partial charge in [-0.15, -0.1) is 0 Å². The maximum absolute atomic E-state index is 12.7. The standard InChI is InChI=1S/C19H22ClN3O2/c1-22(13-15-4-2-3-5-17(15)24)19(25)14-8-10-23(11-9-14)18-7-6-16(20)12-21-18/h2-7,12,14,24H,8-11,13H2,1H3. The first-order chi connectivity index (χ1) is 12.0. The van der Waals surface area contributed by atoms with Crippen molar-refractivity contribution in [3.05, 3.63) is 53.2 Å².